The van der Waals surface area contributed by atoms with Crippen molar-refractivity contribution in [3.63, 3.8) is 0 Å². The Balaban J connectivity index is 1.84. The van der Waals surface area contributed by atoms with Crippen molar-refractivity contribution in [2.45, 2.75) is 61.3 Å². The standard InChI is InChI=1S/C53H62N6O10/c1-8-57(9-2)45-20-14-39(15-21-45)30-42(33-54)50(62)67-36-53(7,37-68-51(63)43(34-55)31-40-16-22-46(23-17-40)58(10-3)28-26-48(60)65-12-5)38-69-52(64)44(35-56)32-41-18-24-47(25-19-41)59(11-4)29-27-49(61)66-13-6/h14-25,30-32H,8-13,26-29,36-38H2,1-7H3/b42-30+,43-31+,44-32+. The number of carbonyl (C=O) groups is 5. The monoisotopic (exact) mass is 942 g/mol. The molecule has 0 aliphatic heterocycles. The van der Waals surface area contributed by atoms with Gasteiger partial charge in [-0.1, -0.05) is 36.4 Å². The molecular weight excluding hydrogens is 881 g/mol. The van der Waals surface area contributed by atoms with E-state index in [1.165, 1.54) is 25.2 Å². The SMILES string of the molecule is CCOC(=O)CCN(CC)c1ccc(/C=C(\C#N)C(=O)OCC(C)(COC(=O)/C(C#N)=C/c2ccc(N(CC)CC)cc2)COC(=O)/C(C#N)=C/c2ccc(N(CC)CCC(=O)OCC)cc2)cc1. The van der Waals surface area contributed by atoms with Crippen molar-refractivity contribution in [2.24, 2.45) is 5.41 Å². The number of hydrogen-bond donors (Lipinski definition) is 0. The first-order valence-corrected chi connectivity index (χ1v) is 22.9. The number of nitriles is 3. The summed E-state index contributed by atoms with van der Waals surface area (Å²) in [5, 5.41) is 29.9. The highest BCUT2D eigenvalue weighted by atomic mass is 16.6. The topological polar surface area (TPSA) is 213 Å². The van der Waals surface area contributed by atoms with Gasteiger partial charge in [0.25, 0.3) is 0 Å². The normalized spacial score (nSPS) is 12.2. The quantitative estimate of drug-likeness (QED) is 0.0308. The molecule has 3 aromatic rings. The number of benzene rings is 3. The fourth-order valence-electron chi connectivity index (χ4n) is 6.78. The summed E-state index contributed by atoms with van der Waals surface area (Å²) in [5.41, 5.74) is 1.75. The molecule has 0 radical (unpaired) electrons. The van der Waals surface area contributed by atoms with E-state index in [0.717, 1.165) is 30.2 Å². The Kier molecular flexibility index (Phi) is 23.3. The number of hydrogen-bond acceptors (Lipinski definition) is 16. The van der Waals surface area contributed by atoms with Crippen LogP contribution in [0.4, 0.5) is 17.1 Å². The van der Waals surface area contributed by atoms with Crippen molar-refractivity contribution < 1.29 is 47.7 Å². The van der Waals surface area contributed by atoms with Crippen LogP contribution in [0.15, 0.2) is 89.5 Å². The van der Waals surface area contributed by atoms with Crippen LogP contribution in [-0.2, 0) is 47.7 Å². The maximum Gasteiger partial charge on any atom is 0.348 e. The molecule has 0 aliphatic carbocycles. The molecule has 0 N–H and O–H groups in total. The highest BCUT2D eigenvalue weighted by Crippen LogP contribution is 2.24. The van der Waals surface area contributed by atoms with E-state index in [2.05, 4.69) is 4.90 Å². The fourth-order valence-corrected chi connectivity index (χ4v) is 6.78. The number of rotatable bonds is 27. The lowest BCUT2D eigenvalue weighted by molar-refractivity contribution is -0.155. The minimum atomic E-state index is -1.45. The Morgan fingerprint density at radius 3 is 0.986 bits per heavy atom. The van der Waals surface area contributed by atoms with Crippen molar-refractivity contribution in [3.8, 4) is 18.2 Å². The zero-order valence-corrected chi connectivity index (χ0v) is 40.6. The van der Waals surface area contributed by atoms with E-state index >= 15 is 0 Å². The predicted molar refractivity (Wildman–Crippen MR) is 263 cm³/mol. The minimum absolute atomic E-state index is 0.207. The van der Waals surface area contributed by atoms with Gasteiger partial charge in [-0.25, -0.2) is 14.4 Å². The molecule has 0 bridgehead atoms. The second-order valence-corrected chi connectivity index (χ2v) is 15.8. The van der Waals surface area contributed by atoms with Crippen LogP contribution in [0, 0.1) is 39.4 Å². The number of anilines is 3. The number of carbonyl (C=O) groups excluding carboxylic acids is 5. The summed E-state index contributed by atoms with van der Waals surface area (Å²) in [7, 11) is 0. The third-order valence-corrected chi connectivity index (χ3v) is 10.7. The molecule has 3 aromatic carbocycles. The molecule has 0 aromatic heterocycles. The van der Waals surface area contributed by atoms with Gasteiger partial charge in [0.05, 0.1) is 31.5 Å². The maximum absolute atomic E-state index is 13.4. The van der Waals surface area contributed by atoms with E-state index in [1.807, 2.05) is 67.8 Å². The largest absolute Gasteiger partial charge is 0.466 e. The highest BCUT2D eigenvalue weighted by Gasteiger charge is 2.32. The summed E-state index contributed by atoms with van der Waals surface area (Å²) in [6.07, 6.45) is 4.48. The van der Waals surface area contributed by atoms with Crippen molar-refractivity contribution >= 4 is 65.1 Å². The van der Waals surface area contributed by atoms with Gasteiger partial charge in [0.1, 0.15) is 54.7 Å². The van der Waals surface area contributed by atoms with Gasteiger partial charge in [-0.05, 0) is 120 Å². The van der Waals surface area contributed by atoms with E-state index in [9.17, 15) is 39.8 Å². The molecule has 0 unspecified atom stereocenters. The average molecular weight is 943 g/mol. The Morgan fingerprint density at radius 1 is 0.464 bits per heavy atom. The third-order valence-electron chi connectivity index (χ3n) is 10.7. The fraction of sp³-hybridized carbons (Fsp3) is 0.396. The molecule has 0 heterocycles. The highest BCUT2D eigenvalue weighted by molar-refractivity contribution is 5.99. The van der Waals surface area contributed by atoms with Crippen molar-refractivity contribution in [1.29, 1.82) is 15.8 Å². The summed E-state index contributed by atoms with van der Waals surface area (Å²) in [6.45, 7) is 15.7. The minimum Gasteiger partial charge on any atom is -0.466 e. The molecule has 0 amide bonds. The van der Waals surface area contributed by atoms with E-state index in [4.69, 9.17) is 23.7 Å². The van der Waals surface area contributed by atoms with E-state index in [1.54, 1.807) is 74.5 Å². The predicted octanol–water partition coefficient (Wildman–Crippen LogP) is 7.85. The number of nitrogens with zero attached hydrogens (tertiary/aromatic N) is 6. The van der Waals surface area contributed by atoms with Crippen LogP contribution in [0.5, 0.6) is 0 Å². The molecule has 3 rings (SSSR count). The summed E-state index contributed by atoms with van der Waals surface area (Å²) in [6, 6.07) is 26.9. The van der Waals surface area contributed by atoms with Crippen LogP contribution in [0.2, 0.25) is 0 Å². The van der Waals surface area contributed by atoms with Crippen molar-refractivity contribution in [2.75, 3.05) is 87.0 Å². The number of esters is 5. The van der Waals surface area contributed by atoms with Crippen LogP contribution in [-0.4, -0.2) is 102 Å². The first-order chi connectivity index (χ1) is 33.2. The average Bonchev–Trinajstić information content (AvgIpc) is 3.36. The van der Waals surface area contributed by atoms with Gasteiger partial charge in [0.15, 0.2) is 0 Å². The van der Waals surface area contributed by atoms with Gasteiger partial charge >= 0.3 is 29.8 Å². The second-order valence-electron chi connectivity index (χ2n) is 15.8. The third kappa shape index (κ3) is 18.0. The Hall–Kier alpha value is -7.90. The molecule has 0 saturated carbocycles. The van der Waals surface area contributed by atoms with Gasteiger partial charge in [0.2, 0.25) is 0 Å². The molecule has 0 atom stereocenters. The molecule has 0 spiro atoms. The second kappa shape index (κ2) is 29.0. The van der Waals surface area contributed by atoms with Crippen molar-refractivity contribution in [3.05, 3.63) is 106 Å². The summed E-state index contributed by atoms with van der Waals surface area (Å²) in [4.78, 5) is 70.1. The first kappa shape index (κ1) is 55.4. The van der Waals surface area contributed by atoms with E-state index < -0.39 is 43.1 Å². The van der Waals surface area contributed by atoms with Gasteiger partial charge in [-0.15, -0.1) is 0 Å². The van der Waals surface area contributed by atoms with Crippen molar-refractivity contribution in [1.82, 2.24) is 0 Å². The lowest BCUT2D eigenvalue weighted by Gasteiger charge is -2.28. The van der Waals surface area contributed by atoms with E-state index in [-0.39, 0.29) is 41.5 Å². The molecule has 16 heteroatoms. The van der Waals surface area contributed by atoms with Gasteiger partial charge in [-0.2, -0.15) is 15.8 Å². The molecule has 0 aliphatic rings. The number of ether oxygens (including phenoxy) is 5. The zero-order valence-electron chi connectivity index (χ0n) is 40.6. The van der Waals surface area contributed by atoms with Gasteiger partial charge < -0.3 is 38.4 Å². The molecule has 364 valence electrons. The molecule has 0 fully saturated rings. The van der Waals surface area contributed by atoms with Crippen LogP contribution in [0.3, 0.4) is 0 Å². The van der Waals surface area contributed by atoms with Crippen LogP contribution in [0.1, 0.15) is 78.0 Å². The first-order valence-electron chi connectivity index (χ1n) is 22.9. The molecular formula is C53H62N6O10. The molecule has 0 saturated heterocycles. The summed E-state index contributed by atoms with van der Waals surface area (Å²) >= 11 is 0. The van der Waals surface area contributed by atoms with Crippen LogP contribution >= 0.6 is 0 Å². The summed E-state index contributed by atoms with van der Waals surface area (Å²) in [5.74, 6) is -3.61. The van der Waals surface area contributed by atoms with E-state index in [0.29, 0.717) is 56.1 Å². The molecule has 69 heavy (non-hydrogen) atoms. The Labute approximate surface area is 405 Å². The van der Waals surface area contributed by atoms with Gasteiger partial charge in [0, 0.05) is 56.3 Å². The lowest BCUT2D eigenvalue weighted by atomic mass is 9.94. The Morgan fingerprint density at radius 2 is 0.739 bits per heavy atom. The van der Waals surface area contributed by atoms with Crippen LogP contribution in [0.25, 0.3) is 18.2 Å². The Bertz CT molecular complexity index is 2300. The summed E-state index contributed by atoms with van der Waals surface area (Å²) < 4.78 is 26.8. The zero-order chi connectivity index (χ0) is 50.8. The van der Waals surface area contributed by atoms with Gasteiger partial charge in [-0.3, -0.25) is 9.59 Å². The lowest BCUT2D eigenvalue weighted by Crippen LogP contribution is -2.37. The molecule has 16 nitrogen and oxygen atoms in total. The van der Waals surface area contributed by atoms with Crippen LogP contribution < -0.4 is 14.7 Å². The smallest absolute Gasteiger partial charge is 0.348 e. The maximum atomic E-state index is 13.4.